The van der Waals surface area contributed by atoms with Crippen LogP contribution in [0.1, 0.15) is 102 Å². The molecule has 0 aromatic heterocycles. The normalized spacial score (nSPS) is 25.3. The van der Waals surface area contributed by atoms with Crippen molar-refractivity contribution in [3.8, 4) is 0 Å². The monoisotopic (exact) mass is 300 g/mol. The summed E-state index contributed by atoms with van der Waals surface area (Å²) < 4.78 is 0. The lowest BCUT2D eigenvalue weighted by atomic mass is 9.68. The van der Waals surface area contributed by atoms with Crippen molar-refractivity contribution in [2.45, 2.75) is 97.3 Å². The summed E-state index contributed by atoms with van der Waals surface area (Å²) in [5, 5.41) is 0. The Balaban J connectivity index is 1.76. The molecule has 1 aromatic rings. The van der Waals surface area contributed by atoms with E-state index in [4.69, 9.17) is 0 Å². The molecule has 0 amide bonds. The molecule has 0 N–H and O–H groups in total. The van der Waals surface area contributed by atoms with Crippen molar-refractivity contribution in [1.29, 1.82) is 0 Å². The van der Waals surface area contributed by atoms with Gasteiger partial charge in [-0.2, -0.15) is 0 Å². The molecule has 0 aliphatic heterocycles. The van der Waals surface area contributed by atoms with E-state index in [-0.39, 0.29) is 0 Å². The van der Waals surface area contributed by atoms with Crippen LogP contribution in [0.5, 0.6) is 0 Å². The first-order valence-electron chi connectivity index (χ1n) is 9.75. The van der Waals surface area contributed by atoms with E-state index in [1.54, 1.807) is 5.56 Å². The Labute approximate surface area is 138 Å². The van der Waals surface area contributed by atoms with Crippen LogP contribution in [-0.2, 0) is 6.42 Å². The fraction of sp³-hybridized carbons (Fsp3) is 0.727. The topological polar surface area (TPSA) is 0 Å². The van der Waals surface area contributed by atoms with Crippen LogP contribution in [0.2, 0.25) is 0 Å². The Kier molecular flexibility index (Phi) is 6.99. The molecule has 1 saturated carbocycles. The molecule has 0 spiro atoms. The van der Waals surface area contributed by atoms with Crippen LogP contribution < -0.4 is 0 Å². The number of rotatable bonds is 8. The zero-order valence-corrected chi connectivity index (χ0v) is 15.2. The molecule has 2 rings (SSSR count). The molecule has 1 aliphatic carbocycles. The van der Waals surface area contributed by atoms with Crippen LogP contribution >= 0.6 is 0 Å². The van der Waals surface area contributed by atoms with Gasteiger partial charge in [-0.3, -0.25) is 0 Å². The van der Waals surface area contributed by atoms with Gasteiger partial charge in [0.15, 0.2) is 0 Å². The molecule has 1 aromatic carbocycles. The summed E-state index contributed by atoms with van der Waals surface area (Å²) in [7, 11) is 0. The van der Waals surface area contributed by atoms with E-state index in [0.29, 0.717) is 5.41 Å². The smallest absolute Gasteiger partial charge is 0.0162 e. The van der Waals surface area contributed by atoms with E-state index in [1.807, 2.05) is 0 Å². The summed E-state index contributed by atoms with van der Waals surface area (Å²) in [5.41, 5.74) is 3.69. The Morgan fingerprint density at radius 3 is 2.14 bits per heavy atom. The lowest BCUT2D eigenvalue weighted by Gasteiger charge is -2.38. The SMILES string of the molecule is CCCCCCC[C@]1(C)CC[C@H](c2ccc(CC)cc2)CC1. The van der Waals surface area contributed by atoms with Crippen molar-refractivity contribution in [3.05, 3.63) is 35.4 Å². The molecule has 0 bridgehead atoms. The Hall–Kier alpha value is -0.780. The van der Waals surface area contributed by atoms with Crippen molar-refractivity contribution in [2.24, 2.45) is 5.41 Å². The number of hydrogen-bond donors (Lipinski definition) is 0. The van der Waals surface area contributed by atoms with Gasteiger partial charge in [0.1, 0.15) is 0 Å². The summed E-state index contributed by atoms with van der Waals surface area (Å²) in [6.07, 6.45) is 15.4. The second-order valence-corrected chi connectivity index (χ2v) is 7.84. The third-order valence-corrected chi connectivity index (χ3v) is 5.94. The fourth-order valence-corrected chi connectivity index (χ4v) is 4.08. The molecule has 0 atom stereocenters. The molecule has 124 valence electrons. The van der Waals surface area contributed by atoms with Gasteiger partial charge in [-0.05, 0) is 61.0 Å². The first kappa shape index (κ1) is 17.6. The molecule has 0 unspecified atom stereocenters. The highest BCUT2D eigenvalue weighted by Crippen LogP contribution is 2.45. The van der Waals surface area contributed by atoms with Crippen molar-refractivity contribution in [3.63, 3.8) is 0 Å². The molecule has 0 nitrogen and oxygen atoms in total. The van der Waals surface area contributed by atoms with E-state index in [1.165, 1.54) is 69.8 Å². The average molecular weight is 301 g/mol. The minimum Gasteiger partial charge on any atom is -0.0654 e. The summed E-state index contributed by atoms with van der Waals surface area (Å²) in [5.74, 6) is 0.819. The van der Waals surface area contributed by atoms with Gasteiger partial charge in [-0.25, -0.2) is 0 Å². The zero-order chi connectivity index (χ0) is 15.8. The Morgan fingerprint density at radius 1 is 0.909 bits per heavy atom. The third-order valence-electron chi connectivity index (χ3n) is 5.94. The van der Waals surface area contributed by atoms with Crippen LogP contribution in [0.4, 0.5) is 0 Å². The minimum atomic E-state index is 0.631. The van der Waals surface area contributed by atoms with E-state index in [9.17, 15) is 0 Å². The van der Waals surface area contributed by atoms with E-state index >= 15 is 0 Å². The Morgan fingerprint density at radius 2 is 1.55 bits per heavy atom. The van der Waals surface area contributed by atoms with Gasteiger partial charge < -0.3 is 0 Å². The van der Waals surface area contributed by atoms with Gasteiger partial charge in [0.05, 0.1) is 0 Å². The van der Waals surface area contributed by atoms with Gasteiger partial charge in [0, 0.05) is 0 Å². The highest BCUT2D eigenvalue weighted by molar-refractivity contribution is 5.25. The highest BCUT2D eigenvalue weighted by Gasteiger charge is 2.30. The standard InChI is InChI=1S/C22H36/c1-4-6-7-8-9-16-22(3)17-14-21(15-18-22)20-12-10-19(5-2)11-13-20/h10-13,21H,4-9,14-18H2,1-3H3/t21-,22+. The largest absolute Gasteiger partial charge is 0.0654 e. The predicted molar refractivity (Wildman–Crippen MR) is 98.5 cm³/mol. The van der Waals surface area contributed by atoms with Crippen molar-refractivity contribution < 1.29 is 0 Å². The van der Waals surface area contributed by atoms with E-state index in [0.717, 1.165) is 12.3 Å². The van der Waals surface area contributed by atoms with Gasteiger partial charge in [0.2, 0.25) is 0 Å². The van der Waals surface area contributed by atoms with Crippen molar-refractivity contribution in [2.75, 3.05) is 0 Å². The van der Waals surface area contributed by atoms with E-state index in [2.05, 4.69) is 45.0 Å². The van der Waals surface area contributed by atoms with Gasteiger partial charge in [-0.15, -0.1) is 0 Å². The third kappa shape index (κ3) is 5.14. The molecule has 0 radical (unpaired) electrons. The maximum atomic E-state index is 2.54. The fourth-order valence-electron chi connectivity index (χ4n) is 4.08. The molecular weight excluding hydrogens is 264 g/mol. The molecule has 1 aliphatic rings. The maximum absolute atomic E-state index is 2.54. The minimum absolute atomic E-state index is 0.631. The van der Waals surface area contributed by atoms with Crippen LogP contribution in [0.25, 0.3) is 0 Å². The maximum Gasteiger partial charge on any atom is -0.0162 e. The number of benzene rings is 1. The molecule has 0 heterocycles. The van der Waals surface area contributed by atoms with Gasteiger partial charge in [0.25, 0.3) is 0 Å². The van der Waals surface area contributed by atoms with Gasteiger partial charge >= 0.3 is 0 Å². The van der Waals surface area contributed by atoms with Crippen LogP contribution in [0, 0.1) is 5.41 Å². The number of aryl methyl sites for hydroxylation is 1. The zero-order valence-electron chi connectivity index (χ0n) is 15.2. The predicted octanol–water partition coefficient (Wildman–Crippen LogP) is 7.27. The molecule has 1 fully saturated rings. The van der Waals surface area contributed by atoms with Crippen LogP contribution in [0.15, 0.2) is 24.3 Å². The second kappa shape index (κ2) is 8.75. The summed E-state index contributed by atoms with van der Waals surface area (Å²) in [4.78, 5) is 0. The van der Waals surface area contributed by atoms with Crippen molar-refractivity contribution in [1.82, 2.24) is 0 Å². The molecule has 22 heavy (non-hydrogen) atoms. The van der Waals surface area contributed by atoms with Crippen molar-refractivity contribution >= 4 is 0 Å². The quantitative estimate of drug-likeness (QED) is 0.443. The summed E-state index contributed by atoms with van der Waals surface area (Å²) in [6.45, 7) is 7.08. The summed E-state index contributed by atoms with van der Waals surface area (Å²) >= 11 is 0. The Bertz CT molecular complexity index is 406. The first-order valence-corrected chi connectivity index (χ1v) is 9.75. The number of unbranched alkanes of at least 4 members (excludes halogenated alkanes) is 4. The second-order valence-electron chi connectivity index (χ2n) is 7.84. The number of hydrogen-bond acceptors (Lipinski definition) is 0. The van der Waals surface area contributed by atoms with E-state index < -0.39 is 0 Å². The highest BCUT2D eigenvalue weighted by atomic mass is 14.4. The first-order chi connectivity index (χ1) is 10.7. The lowest BCUT2D eigenvalue weighted by Crippen LogP contribution is -2.23. The van der Waals surface area contributed by atoms with Crippen LogP contribution in [0.3, 0.4) is 0 Å². The van der Waals surface area contributed by atoms with Gasteiger partial charge in [-0.1, -0.05) is 77.1 Å². The lowest BCUT2D eigenvalue weighted by molar-refractivity contribution is 0.177. The van der Waals surface area contributed by atoms with Crippen LogP contribution in [-0.4, -0.2) is 0 Å². The average Bonchev–Trinajstić information content (AvgIpc) is 2.55. The molecule has 0 heteroatoms. The molecule has 0 saturated heterocycles. The summed E-state index contributed by atoms with van der Waals surface area (Å²) in [6, 6.07) is 9.43. The molecular formula is C22H36.